The van der Waals surface area contributed by atoms with Gasteiger partial charge in [0.15, 0.2) is 0 Å². The third-order valence-electron chi connectivity index (χ3n) is 4.79. The minimum atomic E-state index is 0.123. The summed E-state index contributed by atoms with van der Waals surface area (Å²) < 4.78 is 5.71. The quantitative estimate of drug-likeness (QED) is 0.756. The molecule has 1 aromatic heterocycles. The average molecular weight is 367 g/mol. The SMILES string of the molecule is CC1CN(C(=O)CN2CCN(Cc3ccc(Cl)nc3)CC2)CC(C)O1. The van der Waals surface area contributed by atoms with Gasteiger partial charge < -0.3 is 9.64 Å². The van der Waals surface area contributed by atoms with Crippen molar-refractivity contribution >= 4 is 17.5 Å². The fourth-order valence-electron chi connectivity index (χ4n) is 3.54. The van der Waals surface area contributed by atoms with E-state index >= 15 is 0 Å². The zero-order valence-electron chi connectivity index (χ0n) is 15.0. The fraction of sp³-hybridized carbons (Fsp3) is 0.667. The van der Waals surface area contributed by atoms with Crippen LogP contribution in [0.2, 0.25) is 5.15 Å². The van der Waals surface area contributed by atoms with Crippen LogP contribution < -0.4 is 0 Å². The van der Waals surface area contributed by atoms with E-state index < -0.39 is 0 Å². The lowest BCUT2D eigenvalue weighted by molar-refractivity contribution is -0.144. The Labute approximate surface area is 154 Å². The second kappa shape index (κ2) is 8.45. The molecule has 3 heterocycles. The van der Waals surface area contributed by atoms with E-state index in [0.29, 0.717) is 24.8 Å². The molecule has 2 fully saturated rings. The molecule has 7 heteroatoms. The van der Waals surface area contributed by atoms with Gasteiger partial charge >= 0.3 is 0 Å². The van der Waals surface area contributed by atoms with Crippen molar-refractivity contribution in [1.82, 2.24) is 19.7 Å². The number of nitrogens with zero attached hydrogens (tertiary/aromatic N) is 4. The van der Waals surface area contributed by atoms with Crippen LogP contribution in [0.3, 0.4) is 0 Å². The highest BCUT2D eigenvalue weighted by molar-refractivity contribution is 6.29. The van der Waals surface area contributed by atoms with Crippen LogP contribution in [-0.2, 0) is 16.1 Å². The number of carbonyl (C=O) groups is 1. The third kappa shape index (κ3) is 5.38. The maximum absolute atomic E-state index is 12.6. The summed E-state index contributed by atoms with van der Waals surface area (Å²) >= 11 is 5.83. The van der Waals surface area contributed by atoms with E-state index in [9.17, 15) is 4.79 Å². The number of aromatic nitrogens is 1. The van der Waals surface area contributed by atoms with Gasteiger partial charge in [-0.1, -0.05) is 17.7 Å². The summed E-state index contributed by atoms with van der Waals surface area (Å²) in [7, 11) is 0. The minimum absolute atomic E-state index is 0.123. The molecule has 0 N–H and O–H groups in total. The van der Waals surface area contributed by atoms with Gasteiger partial charge in [-0.25, -0.2) is 4.98 Å². The molecule has 2 aliphatic heterocycles. The Morgan fingerprint density at radius 2 is 1.80 bits per heavy atom. The van der Waals surface area contributed by atoms with Gasteiger partial charge in [0.2, 0.25) is 5.91 Å². The molecule has 1 amide bonds. The number of halogens is 1. The van der Waals surface area contributed by atoms with Crippen molar-refractivity contribution in [2.75, 3.05) is 45.8 Å². The summed E-state index contributed by atoms with van der Waals surface area (Å²) in [6, 6.07) is 3.85. The first-order valence-corrected chi connectivity index (χ1v) is 9.36. The molecule has 138 valence electrons. The fourth-order valence-corrected chi connectivity index (χ4v) is 3.65. The molecule has 2 aliphatic rings. The van der Waals surface area contributed by atoms with Crippen LogP contribution in [0, 0.1) is 0 Å². The first-order chi connectivity index (χ1) is 12.0. The maximum Gasteiger partial charge on any atom is 0.236 e. The van der Waals surface area contributed by atoms with Crippen molar-refractivity contribution in [3.63, 3.8) is 0 Å². The van der Waals surface area contributed by atoms with Crippen LogP contribution >= 0.6 is 11.6 Å². The predicted octanol–water partition coefficient (Wildman–Crippen LogP) is 1.49. The van der Waals surface area contributed by atoms with E-state index in [-0.39, 0.29) is 18.1 Å². The highest BCUT2D eigenvalue weighted by Gasteiger charge is 2.27. The molecule has 6 nitrogen and oxygen atoms in total. The van der Waals surface area contributed by atoms with Crippen molar-refractivity contribution in [1.29, 1.82) is 0 Å². The molecule has 2 saturated heterocycles. The molecule has 0 aliphatic carbocycles. The summed E-state index contributed by atoms with van der Waals surface area (Å²) in [5.74, 6) is 0.220. The van der Waals surface area contributed by atoms with Crippen LogP contribution in [0.25, 0.3) is 0 Å². The van der Waals surface area contributed by atoms with E-state index in [1.807, 2.05) is 37.1 Å². The molecule has 0 bridgehead atoms. The van der Waals surface area contributed by atoms with Crippen LogP contribution in [0.5, 0.6) is 0 Å². The van der Waals surface area contributed by atoms with Crippen LogP contribution in [0.15, 0.2) is 18.3 Å². The highest BCUT2D eigenvalue weighted by Crippen LogP contribution is 2.13. The Morgan fingerprint density at radius 3 is 2.40 bits per heavy atom. The average Bonchev–Trinajstić information content (AvgIpc) is 2.58. The molecule has 2 atom stereocenters. The van der Waals surface area contributed by atoms with Crippen molar-refractivity contribution in [2.45, 2.75) is 32.6 Å². The van der Waals surface area contributed by atoms with Gasteiger partial charge in [-0.3, -0.25) is 14.6 Å². The Morgan fingerprint density at radius 1 is 1.16 bits per heavy atom. The lowest BCUT2D eigenvalue weighted by Crippen LogP contribution is -2.53. The van der Waals surface area contributed by atoms with Gasteiger partial charge in [0.25, 0.3) is 0 Å². The van der Waals surface area contributed by atoms with Gasteiger partial charge in [0, 0.05) is 52.0 Å². The van der Waals surface area contributed by atoms with Gasteiger partial charge in [0.1, 0.15) is 5.15 Å². The lowest BCUT2D eigenvalue weighted by atomic mass is 10.2. The first-order valence-electron chi connectivity index (χ1n) is 8.98. The zero-order chi connectivity index (χ0) is 17.8. The van der Waals surface area contributed by atoms with Gasteiger partial charge in [0.05, 0.1) is 18.8 Å². The normalized spacial score (nSPS) is 26.0. The van der Waals surface area contributed by atoms with Crippen molar-refractivity contribution in [2.24, 2.45) is 0 Å². The van der Waals surface area contributed by atoms with Crippen LogP contribution in [-0.4, -0.2) is 83.6 Å². The number of pyridine rings is 1. The molecule has 3 rings (SSSR count). The lowest BCUT2D eigenvalue weighted by Gasteiger charge is -2.38. The van der Waals surface area contributed by atoms with Gasteiger partial charge in [-0.15, -0.1) is 0 Å². The van der Waals surface area contributed by atoms with E-state index in [2.05, 4.69) is 14.8 Å². The summed E-state index contributed by atoms with van der Waals surface area (Å²) in [6.07, 6.45) is 2.08. The van der Waals surface area contributed by atoms with E-state index in [1.54, 1.807) is 0 Å². The molecule has 0 spiro atoms. The zero-order valence-corrected chi connectivity index (χ0v) is 15.8. The van der Waals surface area contributed by atoms with Crippen LogP contribution in [0.4, 0.5) is 0 Å². The molecule has 0 aromatic carbocycles. The van der Waals surface area contributed by atoms with Crippen LogP contribution in [0.1, 0.15) is 19.4 Å². The Bertz CT molecular complexity index is 565. The molecule has 0 saturated carbocycles. The topological polar surface area (TPSA) is 48.9 Å². The van der Waals surface area contributed by atoms with E-state index in [4.69, 9.17) is 16.3 Å². The van der Waals surface area contributed by atoms with Crippen molar-refractivity contribution in [3.05, 3.63) is 29.0 Å². The number of ether oxygens (including phenoxy) is 1. The number of hydrogen-bond acceptors (Lipinski definition) is 5. The Hall–Kier alpha value is -1.21. The maximum atomic E-state index is 12.6. The van der Waals surface area contributed by atoms with E-state index in [1.165, 1.54) is 5.56 Å². The molecular weight excluding hydrogens is 340 g/mol. The molecule has 25 heavy (non-hydrogen) atoms. The summed E-state index contributed by atoms with van der Waals surface area (Å²) in [5.41, 5.74) is 1.17. The Kier molecular flexibility index (Phi) is 6.28. The standard InChI is InChI=1S/C18H27ClN4O2/c1-14-10-23(11-15(2)25-14)18(24)13-22-7-5-21(6-8-22)12-16-3-4-17(19)20-9-16/h3-4,9,14-15H,5-8,10-13H2,1-2H3. The predicted molar refractivity (Wildman–Crippen MR) is 97.6 cm³/mol. The number of amides is 1. The summed E-state index contributed by atoms with van der Waals surface area (Å²) in [5, 5.41) is 0.527. The van der Waals surface area contributed by atoms with E-state index in [0.717, 1.165) is 32.7 Å². The number of piperazine rings is 1. The second-order valence-electron chi connectivity index (χ2n) is 7.10. The largest absolute Gasteiger partial charge is 0.372 e. The molecule has 0 radical (unpaired) electrons. The summed E-state index contributed by atoms with van der Waals surface area (Å²) in [6.45, 7) is 10.6. The monoisotopic (exact) mass is 366 g/mol. The number of morpholine rings is 1. The minimum Gasteiger partial charge on any atom is -0.372 e. The highest BCUT2D eigenvalue weighted by atomic mass is 35.5. The first kappa shape index (κ1) is 18.6. The molecule has 1 aromatic rings. The van der Waals surface area contributed by atoms with Gasteiger partial charge in [-0.2, -0.15) is 0 Å². The van der Waals surface area contributed by atoms with Crippen molar-refractivity contribution < 1.29 is 9.53 Å². The Balaban J connectivity index is 1.43. The van der Waals surface area contributed by atoms with Crippen molar-refractivity contribution in [3.8, 4) is 0 Å². The number of rotatable bonds is 4. The number of carbonyl (C=O) groups excluding carboxylic acids is 1. The second-order valence-corrected chi connectivity index (χ2v) is 7.48. The molecule has 2 unspecified atom stereocenters. The third-order valence-corrected chi connectivity index (χ3v) is 5.01. The van der Waals surface area contributed by atoms with Gasteiger partial charge in [-0.05, 0) is 25.5 Å². The number of hydrogen-bond donors (Lipinski definition) is 0. The summed E-state index contributed by atoms with van der Waals surface area (Å²) in [4.78, 5) is 23.3. The molecular formula is C18H27ClN4O2. The smallest absolute Gasteiger partial charge is 0.236 e.